The zero-order valence-electron chi connectivity index (χ0n) is 18.8. The second-order valence-corrected chi connectivity index (χ2v) is 8.72. The summed E-state index contributed by atoms with van der Waals surface area (Å²) in [5.41, 5.74) is 4.70. The Morgan fingerprint density at radius 3 is 2.26 bits per heavy atom. The van der Waals surface area contributed by atoms with Crippen LogP contribution in [0.25, 0.3) is 22.2 Å². The lowest BCUT2D eigenvalue weighted by Gasteiger charge is -2.11. The molecule has 0 bridgehead atoms. The van der Waals surface area contributed by atoms with E-state index >= 15 is 0 Å². The third kappa shape index (κ3) is 5.15. The molecule has 35 heavy (non-hydrogen) atoms. The molecule has 6 nitrogen and oxygen atoms in total. The third-order valence-electron chi connectivity index (χ3n) is 5.46. The minimum Gasteiger partial charge on any atom is -0.497 e. The molecule has 0 aliphatic rings. The summed E-state index contributed by atoms with van der Waals surface area (Å²) in [6, 6.07) is 30.4. The molecular formula is C28H21BrN4O2. The summed E-state index contributed by atoms with van der Waals surface area (Å²) in [5, 5.41) is 7.12. The molecule has 5 aromatic rings. The van der Waals surface area contributed by atoms with E-state index in [4.69, 9.17) is 14.7 Å². The second-order valence-electron chi connectivity index (χ2n) is 7.81. The summed E-state index contributed by atoms with van der Waals surface area (Å²) in [4.78, 5) is 22.1. The van der Waals surface area contributed by atoms with E-state index in [-0.39, 0.29) is 5.91 Å². The number of nitrogens with one attached hydrogen (secondary N) is 2. The van der Waals surface area contributed by atoms with Gasteiger partial charge in [-0.05, 0) is 66.7 Å². The van der Waals surface area contributed by atoms with Gasteiger partial charge in [-0.15, -0.1) is 0 Å². The van der Waals surface area contributed by atoms with Gasteiger partial charge >= 0.3 is 0 Å². The third-order valence-corrected chi connectivity index (χ3v) is 5.95. The number of hydrogen-bond donors (Lipinski definition) is 2. The number of methoxy groups -OCH3 is 1. The molecule has 0 atom stereocenters. The van der Waals surface area contributed by atoms with Gasteiger partial charge in [-0.25, -0.2) is 9.97 Å². The van der Waals surface area contributed by atoms with E-state index in [1.165, 1.54) is 0 Å². The first-order chi connectivity index (χ1) is 17.1. The van der Waals surface area contributed by atoms with Crippen LogP contribution >= 0.6 is 15.9 Å². The maximum atomic E-state index is 12.6. The first-order valence-electron chi connectivity index (χ1n) is 10.9. The van der Waals surface area contributed by atoms with Crippen LogP contribution in [0.5, 0.6) is 5.75 Å². The molecule has 0 radical (unpaired) electrons. The number of anilines is 3. The Labute approximate surface area is 211 Å². The number of ether oxygens (including phenoxy) is 1. The number of halogens is 1. The van der Waals surface area contributed by atoms with Crippen molar-refractivity contribution >= 4 is 50.1 Å². The Balaban J connectivity index is 1.38. The van der Waals surface area contributed by atoms with E-state index in [1.54, 1.807) is 43.5 Å². The van der Waals surface area contributed by atoms with Crippen molar-refractivity contribution in [3.05, 3.63) is 107 Å². The fraction of sp³-hybridized carbons (Fsp3) is 0.0357. The van der Waals surface area contributed by atoms with Crippen LogP contribution in [0.4, 0.5) is 17.3 Å². The molecule has 0 aliphatic heterocycles. The van der Waals surface area contributed by atoms with E-state index in [0.29, 0.717) is 17.2 Å². The van der Waals surface area contributed by atoms with Crippen molar-refractivity contribution in [2.24, 2.45) is 0 Å². The van der Waals surface area contributed by atoms with Crippen molar-refractivity contribution in [3.63, 3.8) is 0 Å². The molecule has 1 heterocycles. The number of carbonyl (C=O) groups is 1. The molecule has 0 saturated carbocycles. The van der Waals surface area contributed by atoms with Crippen LogP contribution in [-0.2, 0) is 0 Å². The molecule has 0 unspecified atom stereocenters. The molecule has 1 aromatic heterocycles. The summed E-state index contributed by atoms with van der Waals surface area (Å²) in [6.45, 7) is 0. The topological polar surface area (TPSA) is 76.1 Å². The van der Waals surface area contributed by atoms with Crippen LogP contribution in [0.2, 0.25) is 0 Å². The Kier molecular flexibility index (Phi) is 6.41. The quantitative estimate of drug-likeness (QED) is 0.248. The number of aromatic nitrogens is 2. The Morgan fingerprint density at radius 1 is 0.829 bits per heavy atom. The van der Waals surface area contributed by atoms with E-state index in [0.717, 1.165) is 38.1 Å². The minimum absolute atomic E-state index is 0.194. The Morgan fingerprint density at radius 2 is 1.54 bits per heavy atom. The highest BCUT2D eigenvalue weighted by atomic mass is 79.9. The van der Waals surface area contributed by atoms with Crippen molar-refractivity contribution in [1.82, 2.24) is 9.97 Å². The summed E-state index contributed by atoms with van der Waals surface area (Å²) in [5.74, 6) is 1.02. The van der Waals surface area contributed by atoms with E-state index in [9.17, 15) is 4.79 Å². The first kappa shape index (κ1) is 22.6. The van der Waals surface area contributed by atoms with Gasteiger partial charge in [0.15, 0.2) is 0 Å². The van der Waals surface area contributed by atoms with Gasteiger partial charge in [0.1, 0.15) is 5.75 Å². The van der Waals surface area contributed by atoms with Gasteiger partial charge in [0.05, 0.1) is 18.3 Å². The van der Waals surface area contributed by atoms with Crippen molar-refractivity contribution in [1.29, 1.82) is 0 Å². The molecular weight excluding hydrogens is 504 g/mol. The van der Waals surface area contributed by atoms with Crippen molar-refractivity contribution in [3.8, 4) is 17.0 Å². The van der Waals surface area contributed by atoms with Crippen LogP contribution in [0.15, 0.2) is 102 Å². The van der Waals surface area contributed by atoms with Gasteiger partial charge in [-0.1, -0.05) is 46.3 Å². The first-order valence-corrected chi connectivity index (χ1v) is 11.7. The molecule has 0 fully saturated rings. The second kappa shape index (κ2) is 9.95. The SMILES string of the molecule is COc1ccc(NC(=O)c2ccc(Nc3nc(-c4ccccc4)c4cc(Br)ccc4n3)cc2)cc1. The summed E-state index contributed by atoms with van der Waals surface area (Å²) < 4.78 is 6.12. The highest BCUT2D eigenvalue weighted by molar-refractivity contribution is 9.10. The monoisotopic (exact) mass is 524 g/mol. The van der Waals surface area contributed by atoms with Gasteiger partial charge in [0.25, 0.3) is 5.91 Å². The van der Waals surface area contributed by atoms with Gasteiger partial charge < -0.3 is 15.4 Å². The van der Waals surface area contributed by atoms with Crippen molar-refractivity contribution in [2.45, 2.75) is 0 Å². The molecule has 0 spiro atoms. The maximum Gasteiger partial charge on any atom is 0.255 e. The van der Waals surface area contributed by atoms with Gasteiger partial charge in [-0.2, -0.15) is 0 Å². The number of rotatable bonds is 6. The normalized spacial score (nSPS) is 10.7. The average Bonchev–Trinajstić information content (AvgIpc) is 2.90. The highest BCUT2D eigenvalue weighted by Gasteiger charge is 2.12. The predicted molar refractivity (Wildman–Crippen MR) is 143 cm³/mol. The van der Waals surface area contributed by atoms with Gasteiger partial charge in [0, 0.05) is 32.4 Å². The van der Waals surface area contributed by atoms with Crippen LogP contribution < -0.4 is 15.4 Å². The molecule has 172 valence electrons. The fourth-order valence-electron chi connectivity index (χ4n) is 3.68. The number of hydrogen-bond acceptors (Lipinski definition) is 5. The molecule has 0 aliphatic carbocycles. The van der Waals surface area contributed by atoms with E-state index in [2.05, 4.69) is 26.6 Å². The fourth-order valence-corrected chi connectivity index (χ4v) is 4.05. The highest BCUT2D eigenvalue weighted by Crippen LogP contribution is 2.30. The number of amides is 1. The number of benzene rings is 4. The van der Waals surface area contributed by atoms with Crippen LogP contribution in [0, 0.1) is 0 Å². The van der Waals surface area contributed by atoms with Crippen LogP contribution in [0.1, 0.15) is 10.4 Å². The predicted octanol–water partition coefficient (Wildman–Crippen LogP) is 7.06. The minimum atomic E-state index is -0.194. The lowest BCUT2D eigenvalue weighted by Crippen LogP contribution is -2.11. The number of nitrogens with zero attached hydrogens (tertiary/aromatic N) is 2. The van der Waals surface area contributed by atoms with E-state index in [1.807, 2.05) is 60.7 Å². The lowest BCUT2D eigenvalue weighted by molar-refractivity contribution is 0.102. The molecule has 1 amide bonds. The zero-order valence-corrected chi connectivity index (χ0v) is 20.4. The summed E-state index contributed by atoms with van der Waals surface area (Å²) >= 11 is 3.55. The molecule has 5 rings (SSSR count). The van der Waals surface area contributed by atoms with Crippen molar-refractivity contribution < 1.29 is 9.53 Å². The molecule has 2 N–H and O–H groups in total. The van der Waals surface area contributed by atoms with E-state index < -0.39 is 0 Å². The van der Waals surface area contributed by atoms with Gasteiger partial charge in [-0.3, -0.25) is 4.79 Å². The standard InChI is InChI=1S/C28H21BrN4O2/c1-35-23-14-12-21(13-15-23)30-27(34)19-7-10-22(11-8-19)31-28-32-25-16-9-20(29)17-24(25)26(33-28)18-5-3-2-4-6-18/h2-17H,1H3,(H,30,34)(H,31,32,33). The smallest absolute Gasteiger partial charge is 0.255 e. The van der Waals surface area contributed by atoms with Crippen molar-refractivity contribution in [2.75, 3.05) is 17.7 Å². The summed E-state index contributed by atoms with van der Waals surface area (Å²) in [6.07, 6.45) is 0. The molecule has 7 heteroatoms. The zero-order chi connectivity index (χ0) is 24.2. The number of fused-ring (bicyclic) bond motifs is 1. The molecule has 0 saturated heterocycles. The summed E-state index contributed by atoms with van der Waals surface area (Å²) in [7, 11) is 1.60. The lowest BCUT2D eigenvalue weighted by atomic mass is 10.1. The van der Waals surface area contributed by atoms with Crippen LogP contribution in [0.3, 0.4) is 0 Å². The molecule has 4 aromatic carbocycles. The van der Waals surface area contributed by atoms with Gasteiger partial charge in [0.2, 0.25) is 5.95 Å². The largest absolute Gasteiger partial charge is 0.497 e. The number of carbonyl (C=O) groups excluding carboxylic acids is 1. The average molecular weight is 525 g/mol. The maximum absolute atomic E-state index is 12.6. The Bertz CT molecular complexity index is 1490. The Hall–Kier alpha value is -4.23. The van der Waals surface area contributed by atoms with Crippen LogP contribution in [-0.4, -0.2) is 23.0 Å².